The van der Waals surface area contributed by atoms with E-state index in [0.717, 1.165) is 30.9 Å². The number of aromatic amines is 1. The van der Waals surface area contributed by atoms with Crippen LogP contribution in [0.2, 0.25) is 5.02 Å². The second-order valence-electron chi connectivity index (χ2n) is 15.2. The molecular weight excluding hydrogens is 823 g/mol. The zero-order valence-corrected chi connectivity index (χ0v) is 33.9. The fraction of sp³-hybridized carbons (Fsp3) is 0.439. The van der Waals surface area contributed by atoms with Crippen molar-refractivity contribution in [2.45, 2.75) is 56.8 Å². The summed E-state index contributed by atoms with van der Waals surface area (Å²) in [4.78, 5) is 79.2. The molecule has 324 valence electrons. The van der Waals surface area contributed by atoms with Crippen LogP contribution in [0.15, 0.2) is 65.6 Å². The first kappa shape index (κ1) is 43.0. The summed E-state index contributed by atoms with van der Waals surface area (Å²) in [5, 5.41) is 4.11. The molecule has 0 spiro atoms. The Kier molecular flexibility index (Phi) is 13.1. The zero-order chi connectivity index (χ0) is 43.3. The van der Waals surface area contributed by atoms with Gasteiger partial charge in [-0.15, -0.1) is 5.10 Å². The lowest BCUT2D eigenvalue weighted by Crippen LogP contribution is -2.53. The molecule has 0 unspecified atom stereocenters. The van der Waals surface area contributed by atoms with Crippen molar-refractivity contribution in [2.75, 3.05) is 69.6 Å². The van der Waals surface area contributed by atoms with Gasteiger partial charge in [-0.25, -0.2) is 24.0 Å². The number of nitrogens with two attached hydrogens (primary N) is 1. The first-order valence-electron chi connectivity index (χ1n) is 20.0. The fourth-order valence-electron chi connectivity index (χ4n) is 7.72. The number of benzene rings is 2. The molecule has 61 heavy (non-hydrogen) atoms. The highest BCUT2D eigenvalue weighted by atomic mass is 35.5. The summed E-state index contributed by atoms with van der Waals surface area (Å²) >= 11 is 6.11. The Morgan fingerprint density at radius 2 is 1.59 bits per heavy atom. The summed E-state index contributed by atoms with van der Waals surface area (Å²) in [6, 6.07) is 14.0. The van der Waals surface area contributed by atoms with Gasteiger partial charge in [-0.05, 0) is 61.9 Å². The van der Waals surface area contributed by atoms with Crippen molar-refractivity contribution >= 4 is 47.0 Å². The van der Waals surface area contributed by atoms with E-state index in [4.69, 9.17) is 26.8 Å². The fourth-order valence-corrected chi connectivity index (χ4v) is 7.96. The summed E-state index contributed by atoms with van der Waals surface area (Å²) in [6.45, 7) is 2.16. The van der Waals surface area contributed by atoms with Crippen molar-refractivity contribution < 1.29 is 41.8 Å². The predicted molar refractivity (Wildman–Crippen MR) is 217 cm³/mol. The van der Waals surface area contributed by atoms with Crippen molar-refractivity contribution in [2.24, 2.45) is 0 Å². The van der Waals surface area contributed by atoms with Crippen molar-refractivity contribution in [3.05, 3.63) is 93.0 Å². The molecule has 3 saturated heterocycles. The highest BCUT2D eigenvalue weighted by molar-refractivity contribution is 6.33. The lowest BCUT2D eigenvalue weighted by Gasteiger charge is -2.37. The number of carbonyl (C=O) groups is 4. The van der Waals surface area contributed by atoms with Crippen LogP contribution in [0.3, 0.4) is 0 Å². The van der Waals surface area contributed by atoms with Gasteiger partial charge in [0.2, 0.25) is 0 Å². The maximum absolute atomic E-state index is 14.1. The minimum absolute atomic E-state index is 0.0131. The first-order valence-corrected chi connectivity index (χ1v) is 20.4. The number of carbonyl (C=O) groups excluding carboxylic acids is 4. The molecule has 3 fully saturated rings. The molecule has 3 aliphatic rings. The quantitative estimate of drug-likeness (QED) is 0.165. The SMILES string of the molecule is Nc1c(Cl)cc(C[C@@H](OC(=O)N2CCC(n3nc(-c4ccccc4)[nH]c3=O)CC2)C(=O)N2CCN(c3ccc(C(=O)OCC(=O)N4CCCCC4)cn3)CC2)cc1C(F)(F)F. The number of halogens is 4. The minimum Gasteiger partial charge on any atom is -0.452 e. The molecule has 3 aliphatic heterocycles. The zero-order valence-electron chi connectivity index (χ0n) is 33.1. The Bertz CT molecular complexity index is 2270. The number of anilines is 2. The van der Waals surface area contributed by atoms with Gasteiger partial charge in [0.05, 0.1) is 27.9 Å². The van der Waals surface area contributed by atoms with Crippen molar-refractivity contribution in [1.82, 2.24) is 34.4 Å². The second-order valence-corrected chi connectivity index (χ2v) is 15.6. The van der Waals surface area contributed by atoms with E-state index in [0.29, 0.717) is 50.7 Å². The Morgan fingerprint density at radius 3 is 2.25 bits per heavy atom. The number of aromatic nitrogens is 4. The van der Waals surface area contributed by atoms with E-state index in [1.807, 2.05) is 35.2 Å². The molecule has 2 aromatic heterocycles. The van der Waals surface area contributed by atoms with E-state index < -0.39 is 53.6 Å². The molecule has 4 aromatic rings. The molecule has 0 saturated carbocycles. The number of piperazine rings is 1. The second kappa shape index (κ2) is 18.7. The molecule has 0 aliphatic carbocycles. The molecule has 2 aromatic carbocycles. The first-order chi connectivity index (χ1) is 29.2. The van der Waals surface area contributed by atoms with Crippen molar-refractivity contribution in [3.63, 3.8) is 0 Å². The number of pyridine rings is 1. The molecule has 5 heterocycles. The van der Waals surface area contributed by atoms with Crippen LogP contribution in [0.1, 0.15) is 59.6 Å². The monoisotopic (exact) mass is 867 g/mol. The van der Waals surface area contributed by atoms with Crippen molar-refractivity contribution in [3.8, 4) is 11.4 Å². The van der Waals surface area contributed by atoms with Gasteiger partial charge >= 0.3 is 23.9 Å². The number of amides is 3. The average molecular weight is 868 g/mol. The highest BCUT2D eigenvalue weighted by Crippen LogP contribution is 2.38. The van der Waals surface area contributed by atoms with Crippen LogP contribution in [0.4, 0.5) is 29.5 Å². The number of likely N-dealkylation sites (tertiary alicyclic amines) is 2. The Morgan fingerprint density at radius 1 is 0.885 bits per heavy atom. The largest absolute Gasteiger partial charge is 0.452 e. The van der Waals surface area contributed by atoms with E-state index in [2.05, 4.69) is 15.1 Å². The lowest BCUT2D eigenvalue weighted by molar-refractivity contribution is -0.141. The van der Waals surface area contributed by atoms with Gasteiger partial charge < -0.3 is 34.8 Å². The van der Waals surface area contributed by atoms with Gasteiger partial charge in [0.1, 0.15) is 5.82 Å². The topological polar surface area (TPSA) is 189 Å². The normalized spacial score (nSPS) is 16.9. The highest BCUT2D eigenvalue weighted by Gasteiger charge is 2.37. The standard InChI is InChI=1S/C41H45ClF3N9O7/c42-31-22-26(21-30(35(31)46)41(43,44)45)23-32(61-40(59)53-15-11-29(12-16-53)54-39(58)48-36(49-54)27-7-3-1-4-8-27)37(56)52-19-17-50(18-20-52)33-10-9-28(24-47-33)38(57)60-25-34(55)51-13-5-2-6-14-51/h1,3-4,7-10,21-22,24,29,32H,2,5-6,11-20,23,25,46H2,(H,48,49,58)/t32-/m1/s1. The van der Waals surface area contributed by atoms with Gasteiger partial charge in [0.15, 0.2) is 18.5 Å². The van der Waals surface area contributed by atoms with Crippen LogP contribution in [-0.4, -0.2) is 123 Å². The summed E-state index contributed by atoms with van der Waals surface area (Å²) < 4.78 is 54.1. The molecule has 1 atom stereocenters. The number of rotatable bonds is 10. The molecule has 3 N–H and O–H groups in total. The lowest BCUT2D eigenvalue weighted by atomic mass is 10.0. The van der Waals surface area contributed by atoms with Crippen LogP contribution < -0.4 is 16.3 Å². The third-order valence-corrected chi connectivity index (χ3v) is 11.4. The number of hydrogen-bond donors (Lipinski definition) is 2. The van der Waals surface area contributed by atoms with Crippen LogP contribution in [0.5, 0.6) is 0 Å². The van der Waals surface area contributed by atoms with Crippen LogP contribution in [0, 0.1) is 0 Å². The molecule has 20 heteroatoms. The van der Waals surface area contributed by atoms with Gasteiger partial charge in [0.25, 0.3) is 11.8 Å². The number of nitrogen functional groups attached to an aromatic ring is 1. The molecule has 7 rings (SSSR count). The third kappa shape index (κ3) is 10.3. The number of piperidine rings is 2. The summed E-state index contributed by atoms with van der Waals surface area (Å²) in [5.74, 6) is -0.612. The summed E-state index contributed by atoms with van der Waals surface area (Å²) in [6.07, 6.45) is -2.66. The Labute approximate surface area is 353 Å². The Balaban J connectivity index is 0.986. The summed E-state index contributed by atoms with van der Waals surface area (Å²) in [5.41, 5.74) is 4.32. The van der Waals surface area contributed by atoms with E-state index in [9.17, 15) is 37.1 Å². The van der Waals surface area contributed by atoms with Crippen molar-refractivity contribution in [1.29, 1.82) is 0 Å². The maximum Gasteiger partial charge on any atom is 0.418 e. The minimum atomic E-state index is -4.84. The summed E-state index contributed by atoms with van der Waals surface area (Å²) in [7, 11) is 0. The van der Waals surface area contributed by atoms with Gasteiger partial charge in [0, 0.05) is 70.5 Å². The Hall–Kier alpha value is -6.11. The van der Waals surface area contributed by atoms with Gasteiger partial charge in [-0.1, -0.05) is 41.9 Å². The molecule has 3 amide bonds. The number of esters is 1. The predicted octanol–water partition coefficient (Wildman–Crippen LogP) is 4.79. The van der Waals surface area contributed by atoms with E-state index in [-0.39, 0.29) is 60.9 Å². The number of alkyl halides is 3. The van der Waals surface area contributed by atoms with E-state index >= 15 is 0 Å². The number of nitrogens with zero attached hydrogens (tertiary/aromatic N) is 7. The molecule has 0 bridgehead atoms. The average Bonchev–Trinajstić information content (AvgIpc) is 3.67. The number of H-pyrrole nitrogens is 1. The smallest absolute Gasteiger partial charge is 0.418 e. The molecule has 16 nitrogen and oxygen atoms in total. The maximum atomic E-state index is 14.1. The number of nitrogens with one attached hydrogen (secondary N) is 1. The number of hydrogen-bond acceptors (Lipinski definition) is 11. The van der Waals surface area contributed by atoms with Gasteiger partial charge in [-0.2, -0.15) is 13.2 Å². The molecule has 0 radical (unpaired) electrons. The van der Waals surface area contributed by atoms with Crippen LogP contribution in [0.25, 0.3) is 11.4 Å². The van der Waals surface area contributed by atoms with Crippen LogP contribution in [-0.2, 0) is 31.7 Å². The number of ether oxygens (including phenoxy) is 2. The van der Waals surface area contributed by atoms with Crippen LogP contribution >= 0.6 is 11.6 Å². The van der Waals surface area contributed by atoms with E-state index in [1.54, 1.807) is 11.0 Å². The third-order valence-electron chi connectivity index (χ3n) is 11.1. The van der Waals surface area contributed by atoms with Gasteiger partial charge in [-0.3, -0.25) is 14.6 Å². The van der Waals surface area contributed by atoms with E-state index in [1.165, 1.54) is 32.8 Å². The molecular formula is C41H45ClF3N9O7.